The molecule has 2 nitrogen and oxygen atoms in total. The molecule has 0 unspecified atom stereocenters. The van der Waals surface area contributed by atoms with Gasteiger partial charge in [0.1, 0.15) is 5.82 Å². The second-order valence-electron chi connectivity index (χ2n) is 2.26. The fraction of sp³-hybridized carbons (Fsp3) is 0.636. The Morgan fingerprint density at radius 1 is 0.929 bits per heavy atom. The molecule has 0 saturated heterocycles. The van der Waals surface area contributed by atoms with Crippen molar-refractivity contribution in [1.82, 2.24) is 9.97 Å². The predicted octanol–water partition coefficient (Wildman–Crippen LogP) is 3.27. The van der Waals surface area contributed by atoms with Crippen molar-refractivity contribution in [2.24, 2.45) is 0 Å². The predicted molar refractivity (Wildman–Crippen MR) is 64.6 cm³/mol. The third kappa shape index (κ3) is 9.23. The van der Waals surface area contributed by atoms with Gasteiger partial charge in [-0.15, -0.1) is 0 Å². The van der Waals surface area contributed by atoms with E-state index >= 15 is 0 Å². The van der Waals surface area contributed by atoms with Crippen LogP contribution in [0.1, 0.15) is 53.3 Å². The highest BCUT2D eigenvalue weighted by atomic mass is 14.9. The minimum atomic E-state index is 0. The molecular weight excluding hydrogens is 171 g/mol. The molecule has 0 aliphatic heterocycles. The summed E-state index contributed by atoms with van der Waals surface area (Å²) in [6.07, 6.45) is 3.53. The molecule has 0 fully saturated rings. The third-order valence-corrected chi connectivity index (χ3v) is 1.10. The van der Waals surface area contributed by atoms with Gasteiger partial charge in [0.2, 0.25) is 0 Å². The van der Waals surface area contributed by atoms with Crippen LogP contribution >= 0.6 is 0 Å². The van der Waals surface area contributed by atoms with Gasteiger partial charge in [-0.05, 0) is 6.07 Å². The van der Waals surface area contributed by atoms with Crippen molar-refractivity contribution in [2.75, 3.05) is 0 Å². The summed E-state index contributed by atoms with van der Waals surface area (Å²) in [6, 6.07) is 1.83. The van der Waals surface area contributed by atoms with Crippen molar-refractivity contribution >= 4 is 8.41 Å². The Kier molecular flexibility index (Phi) is 19.7. The van der Waals surface area contributed by atoms with E-state index in [1.54, 1.807) is 12.4 Å². The molecule has 0 aliphatic carbocycles. The Balaban J connectivity index is -0.000000216. The number of hydrogen-bond donors (Lipinski definition) is 0. The van der Waals surface area contributed by atoms with Crippen LogP contribution in [-0.4, -0.2) is 18.4 Å². The van der Waals surface area contributed by atoms with Crippen LogP contribution in [0.5, 0.6) is 0 Å². The maximum absolute atomic E-state index is 4.07. The first-order chi connectivity index (χ1) is 6.30. The molecule has 1 aromatic rings. The SMILES string of the molecule is CC.CC.CC(C)c1ncccn1.[B]. The standard InChI is InChI=1S/C7H10N2.2C2H6.B/c1-6(2)7-8-4-3-5-9-7;2*1-2;/h3-6H,1-2H3;2*1-2H3;. The molecule has 79 valence electrons. The first kappa shape index (κ1) is 18.8. The highest BCUT2D eigenvalue weighted by Crippen LogP contribution is 2.04. The topological polar surface area (TPSA) is 25.8 Å². The Morgan fingerprint density at radius 3 is 1.50 bits per heavy atom. The van der Waals surface area contributed by atoms with Gasteiger partial charge in [-0.2, -0.15) is 0 Å². The number of rotatable bonds is 1. The summed E-state index contributed by atoms with van der Waals surface area (Å²) >= 11 is 0. The Morgan fingerprint density at radius 2 is 1.29 bits per heavy atom. The van der Waals surface area contributed by atoms with Crippen LogP contribution in [0, 0.1) is 0 Å². The summed E-state index contributed by atoms with van der Waals surface area (Å²) < 4.78 is 0. The zero-order valence-corrected chi connectivity index (χ0v) is 10.3. The van der Waals surface area contributed by atoms with Crippen molar-refractivity contribution in [3.63, 3.8) is 0 Å². The number of aromatic nitrogens is 2. The van der Waals surface area contributed by atoms with E-state index in [0.717, 1.165) is 5.82 Å². The summed E-state index contributed by atoms with van der Waals surface area (Å²) in [4.78, 5) is 8.13. The monoisotopic (exact) mass is 193 g/mol. The average Bonchev–Trinajstić information content (AvgIpc) is 2.25. The van der Waals surface area contributed by atoms with Crippen LogP contribution in [0.3, 0.4) is 0 Å². The fourth-order valence-corrected chi connectivity index (χ4v) is 0.609. The highest BCUT2D eigenvalue weighted by Gasteiger charge is 1.97. The maximum Gasteiger partial charge on any atom is 0.130 e. The molecule has 14 heavy (non-hydrogen) atoms. The molecule has 0 saturated carbocycles. The van der Waals surface area contributed by atoms with E-state index in [9.17, 15) is 0 Å². The van der Waals surface area contributed by atoms with Crippen LogP contribution < -0.4 is 0 Å². The summed E-state index contributed by atoms with van der Waals surface area (Å²) in [7, 11) is 0. The fourth-order valence-electron chi connectivity index (χ4n) is 0.609. The molecule has 0 atom stereocenters. The van der Waals surface area contributed by atoms with Crippen LogP contribution in [0.2, 0.25) is 0 Å². The van der Waals surface area contributed by atoms with E-state index in [4.69, 9.17) is 0 Å². The Labute approximate surface area is 90.8 Å². The lowest BCUT2D eigenvalue weighted by Crippen LogP contribution is -1.93. The van der Waals surface area contributed by atoms with Crippen molar-refractivity contribution in [3.05, 3.63) is 24.3 Å². The van der Waals surface area contributed by atoms with Gasteiger partial charge in [0.15, 0.2) is 0 Å². The Bertz CT molecular complexity index is 176. The second-order valence-corrected chi connectivity index (χ2v) is 2.26. The second kappa shape index (κ2) is 14.7. The summed E-state index contributed by atoms with van der Waals surface area (Å²) in [5, 5.41) is 0. The van der Waals surface area contributed by atoms with E-state index in [-0.39, 0.29) is 8.41 Å². The van der Waals surface area contributed by atoms with Crippen LogP contribution in [0.25, 0.3) is 0 Å². The molecular formula is C11H22BN2. The molecule has 1 aromatic heterocycles. The maximum atomic E-state index is 4.07. The van der Waals surface area contributed by atoms with Gasteiger partial charge in [-0.3, -0.25) is 0 Å². The molecule has 3 radical (unpaired) electrons. The smallest absolute Gasteiger partial charge is 0.130 e. The third-order valence-electron chi connectivity index (χ3n) is 1.10. The number of hydrogen-bond acceptors (Lipinski definition) is 2. The first-order valence-corrected chi connectivity index (χ1v) is 5.07. The van der Waals surface area contributed by atoms with Gasteiger partial charge in [-0.25, -0.2) is 9.97 Å². The van der Waals surface area contributed by atoms with Crippen molar-refractivity contribution in [1.29, 1.82) is 0 Å². The van der Waals surface area contributed by atoms with Crippen molar-refractivity contribution < 1.29 is 0 Å². The van der Waals surface area contributed by atoms with Gasteiger partial charge in [0.05, 0.1) is 0 Å². The van der Waals surface area contributed by atoms with Crippen LogP contribution in [0.4, 0.5) is 0 Å². The first-order valence-electron chi connectivity index (χ1n) is 5.07. The summed E-state index contributed by atoms with van der Waals surface area (Å²) in [6.45, 7) is 12.2. The molecule has 0 aromatic carbocycles. The minimum absolute atomic E-state index is 0. The van der Waals surface area contributed by atoms with Gasteiger partial charge >= 0.3 is 0 Å². The summed E-state index contributed by atoms with van der Waals surface area (Å²) in [5.41, 5.74) is 0. The van der Waals surface area contributed by atoms with Crippen molar-refractivity contribution in [3.8, 4) is 0 Å². The molecule has 1 heterocycles. The summed E-state index contributed by atoms with van der Waals surface area (Å²) in [5.74, 6) is 1.35. The van der Waals surface area contributed by atoms with E-state index in [1.807, 2.05) is 33.8 Å². The van der Waals surface area contributed by atoms with Gasteiger partial charge < -0.3 is 0 Å². The lowest BCUT2D eigenvalue weighted by atomic mass is 10.2. The number of nitrogens with zero attached hydrogens (tertiary/aromatic N) is 2. The van der Waals surface area contributed by atoms with Crippen LogP contribution in [0.15, 0.2) is 18.5 Å². The lowest BCUT2D eigenvalue weighted by Gasteiger charge is -1.98. The van der Waals surface area contributed by atoms with Gasteiger partial charge in [0.25, 0.3) is 0 Å². The zero-order chi connectivity index (χ0) is 10.7. The molecule has 0 spiro atoms. The largest absolute Gasteiger partial charge is 0.241 e. The van der Waals surface area contributed by atoms with E-state index in [0.29, 0.717) is 5.92 Å². The van der Waals surface area contributed by atoms with E-state index < -0.39 is 0 Å². The zero-order valence-electron chi connectivity index (χ0n) is 10.3. The Hall–Kier alpha value is -0.855. The van der Waals surface area contributed by atoms with Crippen molar-refractivity contribution in [2.45, 2.75) is 47.5 Å². The van der Waals surface area contributed by atoms with E-state index in [2.05, 4.69) is 23.8 Å². The van der Waals surface area contributed by atoms with Gasteiger partial charge in [-0.1, -0.05) is 41.5 Å². The molecule has 1 rings (SSSR count). The normalized spacial score (nSPS) is 7.36. The average molecular weight is 193 g/mol. The van der Waals surface area contributed by atoms with Gasteiger partial charge in [0, 0.05) is 26.7 Å². The van der Waals surface area contributed by atoms with E-state index in [1.165, 1.54) is 0 Å². The minimum Gasteiger partial charge on any atom is -0.241 e. The van der Waals surface area contributed by atoms with Crippen LogP contribution in [-0.2, 0) is 0 Å². The molecule has 0 aliphatic rings. The molecule has 0 N–H and O–H groups in total. The molecule has 0 amide bonds. The molecule has 0 bridgehead atoms. The lowest BCUT2D eigenvalue weighted by molar-refractivity contribution is 0.774. The quantitative estimate of drug-likeness (QED) is 0.639. The highest BCUT2D eigenvalue weighted by molar-refractivity contribution is 5.75. The molecule has 3 heteroatoms.